The molecule has 0 aliphatic carbocycles. The highest BCUT2D eigenvalue weighted by atomic mass is 32.1. The van der Waals surface area contributed by atoms with Gasteiger partial charge in [0.05, 0.1) is 17.6 Å². The average molecular weight is 432 g/mol. The number of thiazole rings is 1. The van der Waals surface area contributed by atoms with E-state index in [1.54, 1.807) is 12.1 Å². The first-order chi connectivity index (χ1) is 13.7. The highest BCUT2D eigenvalue weighted by Crippen LogP contribution is 2.30. The van der Waals surface area contributed by atoms with E-state index in [-0.39, 0.29) is 11.9 Å². The van der Waals surface area contributed by atoms with Crippen LogP contribution in [-0.4, -0.2) is 49.6 Å². The van der Waals surface area contributed by atoms with Crippen molar-refractivity contribution >= 4 is 17.3 Å². The fourth-order valence-corrected chi connectivity index (χ4v) is 3.42. The van der Waals surface area contributed by atoms with Crippen molar-refractivity contribution in [3.05, 3.63) is 51.7 Å². The second-order valence-corrected chi connectivity index (χ2v) is 7.49. The van der Waals surface area contributed by atoms with Crippen molar-refractivity contribution in [2.75, 3.05) is 33.7 Å². The van der Waals surface area contributed by atoms with Crippen LogP contribution in [0, 0.1) is 5.82 Å². The van der Waals surface area contributed by atoms with Crippen LogP contribution in [0.1, 0.15) is 29.2 Å². The van der Waals surface area contributed by atoms with Crippen LogP contribution in [0.25, 0.3) is 0 Å². The van der Waals surface area contributed by atoms with E-state index in [9.17, 15) is 17.6 Å². The van der Waals surface area contributed by atoms with Gasteiger partial charge in [0.2, 0.25) is 0 Å². The summed E-state index contributed by atoms with van der Waals surface area (Å²) in [5.41, 5.74) is 0.0876. The van der Waals surface area contributed by atoms with Crippen LogP contribution >= 0.6 is 11.3 Å². The van der Waals surface area contributed by atoms with Gasteiger partial charge in [-0.2, -0.15) is 13.2 Å². The predicted molar refractivity (Wildman–Crippen MR) is 108 cm³/mol. The highest BCUT2D eigenvalue weighted by molar-refractivity contribution is 7.09. The molecule has 1 aromatic heterocycles. The summed E-state index contributed by atoms with van der Waals surface area (Å²) in [6.07, 6.45) is -4.06. The number of benzene rings is 1. The Morgan fingerprint density at radius 2 is 1.90 bits per heavy atom. The molecule has 2 N–H and O–H groups in total. The molecule has 0 saturated heterocycles. The van der Waals surface area contributed by atoms with Crippen molar-refractivity contribution < 1.29 is 17.6 Å². The first-order valence-corrected chi connectivity index (χ1v) is 10.0. The molecule has 0 amide bonds. The summed E-state index contributed by atoms with van der Waals surface area (Å²) in [4.78, 5) is 10.2. The maximum atomic E-state index is 13.2. The Bertz CT molecular complexity index is 787. The summed E-state index contributed by atoms with van der Waals surface area (Å²) in [7, 11) is 3.84. The number of likely N-dealkylation sites (N-methyl/N-ethyl adjacent to an activating group) is 1. The van der Waals surface area contributed by atoms with E-state index in [2.05, 4.69) is 20.6 Å². The van der Waals surface area contributed by atoms with Gasteiger partial charge < -0.3 is 15.5 Å². The quantitative estimate of drug-likeness (QED) is 0.380. The maximum Gasteiger partial charge on any atom is 0.434 e. The van der Waals surface area contributed by atoms with Gasteiger partial charge in [-0.15, -0.1) is 11.3 Å². The van der Waals surface area contributed by atoms with Gasteiger partial charge in [0.15, 0.2) is 11.7 Å². The number of alkyl halides is 3. The third kappa shape index (κ3) is 7.28. The van der Waals surface area contributed by atoms with E-state index in [1.165, 1.54) is 12.1 Å². The maximum absolute atomic E-state index is 13.2. The highest BCUT2D eigenvalue weighted by Gasteiger charge is 2.33. The van der Waals surface area contributed by atoms with Gasteiger partial charge >= 0.3 is 6.18 Å². The van der Waals surface area contributed by atoms with E-state index >= 15 is 0 Å². The number of nitrogens with zero attached hydrogens (tertiary/aromatic N) is 3. The summed E-state index contributed by atoms with van der Waals surface area (Å²) < 4.78 is 51.1. The fourth-order valence-electron chi connectivity index (χ4n) is 2.62. The lowest BCUT2D eigenvalue weighted by molar-refractivity contribution is -0.140. The molecule has 0 bridgehead atoms. The Balaban J connectivity index is 1.97. The van der Waals surface area contributed by atoms with Crippen LogP contribution in [0.4, 0.5) is 17.6 Å². The Morgan fingerprint density at radius 1 is 1.21 bits per heavy atom. The van der Waals surface area contributed by atoms with Gasteiger partial charge in [0.25, 0.3) is 0 Å². The zero-order valence-corrected chi connectivity index (χ0v) is 17.4. The second-order valence-electron chi connectivity index (χ2n) is 6.55. The van der Waals surface area contributed by atoms with Crippen molar-refractivity contribution in [3.8, 4) is 0 Å². The van der Waals surface area contributed by atoms with Gasteiger partial charge in [-0.05, 0) is 38.7 Å². The minimum Gasteiger partial charge on any atom is -0.357 e. The minimum atomic E-state index is -4.42. The Morgan fingerprint density at radius 3 is 2.45 bits per heavy atom. The lowest BCUT2D eigenvalue weighted by Gasteiger charge is -2.23. The van der Waals surface area contributed by atoms with Gasteiger partial charge in [-0.25, -0.2) is 9.37 Å². The molecule has 10 heteroatoms. The van der Waals surface area contributed by atoms with E-state index in [4.69, 9.17) is 0 Å². The third-order valence-electron chi connectivity index (χ3n) is 4.12. The summed E-state index contributed by atoms with van der Waals surface area (Å²) in [6.45, 7) is 3.41. The third-order valence-corrected chi connectivity index (χ3v) is 5.03. The van der Waals surface area contributed by atoms with Crippen LogP contribution in [0.3, 0.4) is 0 Å². The van der Waals surface area contributed by atoms with Crippen LogP contribution in [0.5, 0.6) is 0 Å². The van der Waals surface area contributed by atoms with Crippen LogP contribution in [0.2, 0.25) is 0 Å². The molecule has 0 fully saturated rings. The zero-order valence-electron chi connectivity index (χ0n) is 16.6. The van der Waals surface area contributed by atoms with Crippen LogP contribution in [0.15, 0.2) is 34.6 Å². The van der Waals surface area contributed by atoms with Crippen molar-refractivity contribution in [2.45, 2.75) is 25.6 Å². The van der Waals surface area contributed by atoms with Crippen molar-refractivity contribution in [3.63, 3.8) is 0 Å². The molecule has 29 heavy (non-hydrogen) atoms. The van der Waals surface area contributed by atoms with E-state index < -0.39 is 11.9 Å². The molecule has 2 aromatic rings. The van der Waals surface area contributed by atoms with Gasteiger partial charge in [-0.1, -0.05) is 12.1 Å². The summed E-state index contributed by atoms with van der Waals surface area (Å²) in [5, 5.41) is 7.68. The van der Waals surface area contributed by atoms with E-state index in [0.29, 0.717) is 37.0 Å². The second kappa shape index (κ2) is 10.5. The van der Waals surface area contributed by atoms with Crippen molar-refractivity contribution in [1.82, 2.24) is 20.5 Å². The molecule has 1 heterocycles. The number of hydrogen-bond donors (Lipinski definition) is 2. The van der Waals surface area contributed by atoms with E-state index in [0.717, 1.165) is 22.3 Å². The topological polar surface area (TPSA) is 52.6 Å². The molecule has 2 rings (SSSR count). The van der Waals surface area contributed by atoms with Gasteiger partial charge in [-0.3, -0.25) is 4.99 Å². The SMILES string of the molecule is CCNC(=NCC(c1ccc(F)cc1)N(C)C)NCCc1nc(C(F)(F)F)cs1. The molecule has 0 aliphatic rings. The Labute approximate surface area is 171 Å². The number of nitrogens with one attached hydrogen (secondary N) is 2. The lowest BCUT2D eigenvalue weighted by atomic mass is 10.1. The number of rotatable bonds is 8. The standard InChI is InChI=1S/C19H25F4N5S/c1-4-24-18(25-10-9-17-27-16(12-29-17)19(21,22)23)26-11-15(28(2)3)13-5-7-14(20)8-6-13/h5-8,12,15H,4,9-11H2,1-3H3,(H2,24,25,26). The monoisotopic (exact) mass is 431 g/mol. The van der Waals surface area contributed by atoms with Crippen LogP contribution in [-0.2, 0) is 12.6 Å². The summed E-state index contributed by atoms with van der Waals surface area (Å²) in [6, 6.07) is 6.26. The average Bonchev–Trinajstić information content (AvgIpc) is 3.12. The van der Waals surface area contributed by atoms with Crippen molar-refractivity contribution in [1.29, 1.82) is 0 Å². The number of aliphatic imine (C=N–C) groups is 1. The summed E-state index contributed by atoms with van der Waals surface area (Å²) in [5.74, 6) is 0.273. The largest absolute Gasteiger partial charge is 0.434 e. The Kier molecular flexibility index (Phi) is 8.39. The summed E-state index contributed by atoms with van der Waals surface area (Å²) >= 11 is 0.993. The zero-order chi connectivity index (χ0) is 21.4. The van der Waals surface area contributed by atoms with E-state index in [1.807, 2.05) is 25.9 Å². The molecular formula is C19H25F4N5S. The van der Waals surface area contributed by atoms with Crippen LogP contribution < -0.4 is 10.6 Å². The van der Waals surface area contributed by atoms with Crippen molar-refractivity contribution in [2.24, 2.45) is 4.99 Å². The first kappa shape index (κ1) is 23.1. The van der Waals surface area contributed by atoms with Gasteiger partial charge in [0, 0.05) is 24.9 Å². The lowest BCUT2D eigenvalue weighted by Crippen LogP contribution is -2.39. The fraction of sp³-hybridized carbons (Fsp3) is 0.474. The predicted octanol–water partition coefficient (Wildman–Crippen LogP) is 3.70. The molecule has 0 aliphatic heterocycles. The number of guanidine groups is 1. The molecule has 1 atom stereocenters. The molecule has 0 spiro atoms. The smallest absolute Gasteiger partial charge is 0.357 e. The number of halogens is 4. The first-order valence-electron chi connectivity index (χ1n) is 9.16. The molecule has 160 valence electrons. The normalized spacial score (nSPS) is 13.6. The molecule has 1 unspecified atom stereocenters. The Hall–Kier alpha value is -2.20. The molecule has 1 aromatic carbocycles. The molecular weight excluding hydrogens is 406 g/mol. The molecule has 5 nitrogen and oxygen atoms in total. The van der Waals surface area contributed by atoms with Gasteiger partial charge in [0.1, 0.15) is 5.82 Å². The molecule has 0 saturated carbocycles. The molecule has 0 radical (unpaired) electrons. The number of aromatic nitrogens is 1. The minimum absolute atomic E-state index is 0.0423. The number of hydrogen-bond acceptors (Lipinski definition) is 4.